The van der Waals surface area contributed by atoms with Gasteiger partial charge in [-0.05, 0) is 31.9 Å². The first-order chi connectivity index (χ1) is 7.76. The predicted molar refractivity (Wildman–Crippen MR) is 70.1 cm³/mol. The molecule has 0 aliphatic rings. The Labute approximate surface area is 98.3 Å². The number of nitrogens with one attached hydrogen (secondary N) is 1. The minimum atomic E-state index is 0.267. The maximum Gasteiger partial charge on any atom is 0.121 e. The van der Waals surface area contributed by atoms with Gasteiger partial charge in [0.25, 0.3) is 0 Å². The maximum atomic E-state index is 5.75. The van der Waals surface area contributed by atoms with E-state index in [0.717, 1.165) is 30.8 Å². The standard InChI is InChI=1S/C14H21NO/c1-4-6-10-15-13-8-7-9-14(11-13)16-12(3)5-2/h4,7-9,11-12,15H,1,5-6,10H2,2-3H3. The molecule has 0 bridgehead atoms. The van der Waals surface area contributed by atoms with Crippen molar-refractivity contribution >= 4 is 5.69 Å². The van der Waals surface area contributed by atoms with Gasteiger partial charge in [0.05, 0.1) is 6.10 Å². The first kappa shape index (κ1) is 12.6. The third-order valence-electron chi connectivity index (χ3n) is 2.42. The first-order valence-corrected chi connectivity index (χ1v) is 5.87. The smallest absolute Gasteiger partial charge is 0.121 e. The molecule has 0 fully saturated rings. The Morgan fingerprint density at radius 3 is 3.00 bits per heavy atom. The molecule has 2 nitrogen and oxygen atoms in total. The van der Waals surface area contributed by atoms with Crippen LogP contribution >= 0.6 is 0 Å². The SMILES string of the molecule is C=CCCNc1cccc(OC(C)CC)c1. The molecular formula is C14H21NO. The second kappa shape index (κ2) is 6.94. The number of hydrogen-bond acceptors (Lipinski definition) is 2. The number of hydrogen-bond donors (Lipinski definition) is 1. The molecule has 1 rings (SSSR count). The summed E-state index contributed by atoms with van der Waals surface area (Å²) in [4.78, 5) is 0. The molecule has 0 spiro atoms. The molecule has 1 atom stereocenters. The van der Waals surface area contributed by atoms with E-state index < -0.39 is 0 Å². The lowest BCUT2D eigenvalue weighted by molar-refractivity contribution is 0.217. The zero-order valence-electron chi connectivity index (χ0n) is 10.2. The third kappa shape index (κ3) is 4.39. The van der Waals surface area contributed by atoms with Gasteiger partial charge in [0.1, 0.15) is 5.75 Å². The van der Waals surface area contributed by atoms with Crippen LogP contribution in [0.4, 0.5) is 5.69 Å². The van der Waals surface area contributed by atoms with Crippen molar-refractivity contribution in [3.05, 3.63) is 36.9 Å². The van der Waals surface area contributed by atoms with Gasteiger partial charge in [-0.25, -0.2) is 0 Å². The Balaban J connectivity index is 2.53. The largest absolute Gasteiger partial charge is 0.491 e. The summed E-state index contributed by atoms with van der Waals surface area (Å²) in [6, 6.07) is 8.08. The Morgan fingerprint density at radius 1 is 1.50 bits per heavy atom. The highest BCUT2D eigenvalue weighted by atomic mass is 16.5. The van der Waals surface area contributed by atoms with Crippen LogP contribution in [0.15, 0.2) is 36.9 Å². The summed E-state index contributed by atoms with van der Waals surface area (Å²) in [5.41, 5.74) is 1.10. The van der Waals surface area contributed by atoms with Gasteiger partial charge < -0.3 is 10.1 Å². The van der Waals surface area contributed by atoms with E-state index in [1.54, 1.807) is 0 Å². The van der Waals surface area contributed by atoms with Crippen molar-refractivity contribution in [3.63, 3.8) is 0 Å². The average Bonchev–Trinajstić information content (AvgIpc) is 2.30. The maximum absolute atomic E-state index is 5.75. The van der Waals surface area contributed by atoms with Crippen molar-refractivity contribution in [3.8, 4) is 5.75 Å². The normalized spacial score (nSPS) is 11.9. The molecule has 2 heteroatoms. The zero-order valence-corrected chi connectivity index (χ0v) is 10.2. The molecule has 0 amide bonds. The summed E-state index contributed by atoms with van der Waals surface area (Å²) in [5, 5.41) is 3.33. The van der Waals surface area contributed by atoms with Crippen LogP contribution in [0.5, 0.6) is 5.75 Å². The summed E-state index contributed by atoms with van der Waals surface area (Å²) in [6.45, 7) is 8.81. The van der Waals surface area contributed by atoms with Gasteiger partial charge in [0.15, 0.2) is 0 Å². The van der Waals surface area contributed by atoms with Crippen molar-refractivity contribution in [2.45, 2.75) is 32.8 Å². The Bertz CT molecular complexity index is 322. The lowest BCUT2D eigenvalue weighted by atomic mass is 10.2. The van der Waals surface area contributed by atoms with Crippen molar-refractivity contribution in [1.29, 1.82) is 0 Å². The second-order valence-electron chi connectivity index (χ2n) is 3.87. The first-order valence-electron chi connectivity index (χ1n) is 5.87. The highest BCUT2D eigenvalue weighted by Gasteiger charge is 2.01. The molecule has 1 aromatic carbocycles. The van der Waals surface area contributed by atoms with E-state index in [4.69, 9.17) is 4.74 Å². The van der Waals surface area contributed by atoms with Crippen LogP contribution in [0.25, 0.3) is 0 Å². The predicted octanol–water partition coefficient (Wildman–Crippen LogP) is 3.85. The van der Waals surface area contributed by atoms with Gasteiger partial charge >= 0.3 is 0 Å². The Kier molecular flexibility index (Phi) is 5.48. The van der Waals surface area contributed by atoms with Gasteiger partial charge in [-0.1, -0.05) is 19.1 Å². The number of anilines is 1. The van der Waals surface area contributed by atoms with Crippen molar-refractivity contribution in [2.75, 3.05) is 11.9 Å². The van der Waals surface area contributed by atoms with Crippen molar-refractivity contribution in [1.82, 2.24) is 0 Å². The second-order valence-corrected chi connectivity index (χ2v) is 3.87. The van der Waals surface area contributed by atoms with Crippen LogP contribution < -0.4 is 10.1 Å². The summed E-state index contributed by atoms with van der Waals surface area (Å²) in [6.07, 6.45) is 4.17. The number of ether oxygens (including phenoxy) is 1. The van der Waals surface area contributed by atoms with E-state index in [0.29, 0.717) is 0 Å². The van der Waals surface area contributed by atoms with E-state index in [-0.39, 0.29) is 6.10 Å². The van der Waals surface area contributed by atoms with Crippen LogP contribution in [0.2, 0.25) is 0 Å². The van der Waals surface area contributed by atoms with Gasteiger partial charge in [-0.2, -0.15) is 0 Å². The van der Waals surface area contributed by atoms with E-state index in [2.05, 4.69) is 25.7 Å². The molecule has 1 N–H and O–H groups in total. The van der Waals surface area contributed by atoms with Gasteiger partial charge in [-0.3, -0.25) is 0 Å². The summed E-state index contributed by atoms with van der Waals surface area (Å²) < 4.78 is 5.75. The highest BCUT2D eigenvalue weighted by molar-refractivity contribution is 5.48. The summed E-state index contributed by atoms with van der Waals surface area (Å²) in [5.74, 6) is 0.929. The van der Waals surface area contributed by atoms with Crippen molar-refractivity contribution in [2.24, 2.45) is 0 Å². The van der Waals surface area contributed by atoms with Crippen LogP contribution in [-0.2, 0) is 0 Å². The Hall–Kier alpha value is -1.44. The van der Waals surface area contributed by atoms with Crippen LogP contribution in [0.3, 0.4) is 0 Å². The van der Waals surface area contributed by atoms with E-state index in [1.807, 2.05) is 30.3 Å². The molecule has 0 aliphatic heterocycles. The van der Waals surface area contributed by atoms with E-state index in [9.17, 15) is 0 Å². The number of benzene rings is 1. The topological polar surface area (TPSA) is 21.3 Å². The minimum absolute atomic E-state index is 0.267. The molecule has 0 aromatic heterocycles. The molecule has 16 heavy (non-hydrogen) atoms. The fourth-order valence-electron chi connectivity index (χ4n) is 1.31. The molecule has 0 heterocycles. The quantitative estimate of drug-likeness (QED) is 0.555. The van der Waals surface area contributed by atoms with Gasteiger partial charge in [0, 0.05) is 18.3 Å². The third-order valence-corrected chi connectivity index (χ3v) is 2.42. The van der Waals surface area contributed by atoms with Crippen LogP contribution in [0, 0.1) is 0 Å². The number of rotatable bonds is 7. The summed E-state index contributed by atoms with van der Waals surface area (Å²) >= 11 is 0. The highest BCUT2D eigenvalue weighted by Crippen LogP contribution is 2.19. The molecular weight excluding hydrogens is 198 g/mol. The fraction of sp³-hybridized carbons (Fsp3) is 0.429. The lowest BCUT2D eigenvalue weighted by Crippen LogP contribution is -2.09. The molecule has 1 unspecified atom stereocenters. The molecule has 0 saturated heterocycles. The molecule has 0 radical (unpaired) electrons. The molecule has 0 saturated carbocycles. The summed E-state index contributed by atoms with van der Waals surface area (Å²) in [7, 11) is 0. The van der Waals surface area contributed by atoms with E-state index >= 15 is 0 Å². The van der Waals surface area contributed by atoms with Gasteiger partial charge in [-0.15, -0.1) is 6.58 Å². The zero-order chi connectivity index (χ0) is 11.8. The monoisotopic (exact) mass is 219 g/mol. The fourth-order valence-corrected chi connectivity index (χ4v) is 1.31. The molecule has 88 valence electrons. The molecule has 1 aromatic rings. The van der Waals surface area contributed by atoms with E-state index in [1.165, 1.54) is 0 Å². The average molecular weight is 219 g/mol. The lowest BCUT2D eigenvalue weighted by Gasteiger charge is -2.13. The van der Waals surface area contributed by atoms with Crippen LogP contribution in [-0.4, -0.2) is 12.6 Å². The molecule has 0 aliphatic carbocycles. The van der Waals surface area contributed by atoms with Crippen molar-refractivity contribution < 1.29 is 4.74 Å². The van der Waals surface area contributed by atoms with Crippen LogP contribution in [0.1, 0.15) is 26.7 Å². The Morgan fingerprint density at radius 2 is 2.31 bits per heavy atom. The minimum Gasteiger partial charge on any atom is -0.491 e. The van der Waals surface area contributed by atoms with Gasteiger partial charge in [0.2, 0.25) is 0 Å².